The lowest BCUT2D eigenvalue weighted by Crippen LogP contribution is -2.47. The summed E-state index contributed by atoms with van der Waals surface area (Å²) >= 11 is 1.56. The van der Waals surface area contributed by atoms with Gasteiger partial charge in [-0.05, 0) is 69.1 Å². The molecule has 4 rings (SSSR count). The van der Waals surface area contributed by atoms with Crippen molar-refractivity contribution in [3.8, 4) is 0 Å². The number of thioether (sulfide) groups is 1. The summed E-state index contributed by atoms with van der Waals surface area (Å²) in [6.45, 7) is 2.10. The molecule has 2 aromatic heterocycles. The summed E-state index contributed by atoms with van der Waals surface area (Å²) in [7, 11) is 0. The molecule has 9 nitrogen and oxygen atoms in total. The summed E-state index contributed by atoms with van der Waals surface area (Å²) in [5, 5.41) is 16.1. The number of carbonyl (C=O) groups is 3. The van der Waals surface area contributed by atoms with Crippen LogP contribution >= 0.6 is 11.8 Å². The molecule has 2 amide bonds. The molecule has 3 aromatic rings. The van der Waals surface area contributed by atoms with Crippen LogP contribution in [0.15, 0.2) is 25.8 Å². The van der Waals surface area contributed by atoms with E-state index in [1.807, 2.05) is 19.2 Å². The smallest absolute Gasteiger partial charge is 0.339 e. The van der Waals surface area contributed by atoms with Gasteiger partial charge >= 0.3 is 11.6 Å². The average molecular weight is 543 g/mol. The molecule has 0 aliphatic heterocycles. The Bertz CT molecular complexity index is 1410. The van der Waals surface area contributed by atoms with E-state index in [2.05, 4.69) is 10.6 Å². The number of aryl methyl sites for hydroxylation is 3. The van der Waals surface area contributed by atoms with E-state index in [0.29, 0.717) is 29.7 Å². The van der Waals surface area contributed by atoms with E-state index in [4.69, 9.17) is 13.9 Å². The van der Waals surface area contributed by atoms with Crippen molar-refractivity contribution < 1.29 is 28.3 Å². The topological polar surface area (TPSA) is 139 Å². The Kier molecular flexibility index (Phi) is 9.14. The second-order valence-electron chi connectivity index (χ2n) is 9.74. The molecule has 0 radical (unpaired) electrons. The highest BCUT2D eigenvalue weighted by Crippen LogP contribution is 2.35. The molecule has 0 saturated heterocycles. The molecule has 2 heterocycles. The van der Waals surface area contributed by atoms with Gasteiger partial charge in [-0.3, -0.25) is 14.4 Å². The highest BCUT2D eigenvalue weighted by molar-refractivity contribution is 7.98. The standard InChI is InChI=1S/C28H34N2O7S/c1-16-17(9-10-25(31)30-21(11-13-38-2)27(34)29-12-5-8-26(32)33)28(35)37-23-15-24-20(14-19(16)23)18-6-3-4-7-22(18)36-24/h14-15,21H,3-13H2,1-2H3,(H,29,34)(H,30,31)(H,32,33)/t21-/m0/s1. The second kappa shape index (κ2) is 12.5. The largest absolute Gasteiger partial charge is 0.481 e. The number of fused-ring (bicyclic) bond motifs is 4. The van der Waals surface area contributed by atoms with E-state index in [1.165, 1.54) is 5.56 Å². The first-order valence-corrected chi connectivity index (χ1v) is 14.5. The Labute approximate surface area is 224 Å². The van der Waals surface area contributed by atoms with Crippen LogP contribution < -0.4 is 16.3 Å². The Hall–Kier alpha value is -3.27. The highest BCUT2D eigenvalue weighted by Gasteiger charge is 2.23. The summed E-state index contributed by atoms with van der Waals surface area (Å²) < 4.78 is 11.7. The predicted octanol–water partition coefficient (Wildman–Crippen LogP) is 3.88. The van der Waals surface area contributed by atoms with E-state index in [0.717, 1.165) is 53.4 Å². The van der Waals surface area contributed by atoms with Crippen molar-refractivity contribution in [3.05, 3.63) is 45.0 Å². The number of aliphatic carboxylic acids is 1. The zero-order valence-corrected chi connectivity index (χ0v) is 22.6. The maximum Gasteiger partial charge on any atom is 0.339 e. The van der Waals surface area contributed by atoms with Crippen LogP contribution in [0.25, 0.3) is 21.9 Å². The monoisotopic (exact) mass is 542 g/mol. The first-order valence-electron chi connectivity index (χ1n) is 13.1. The molecule has 10 heteroatoms. The van der Waals surface area contributed by atoms with Gasteiger partial charge in [-0.15, -0.1) is 0 Å². The van der Waals surface area contributed by atoms with Gasteiger partial charge in [0, 0.05) is 53.8 Å². The van der Waals surface area contributed by atoms with Crippen molar-refractivity contribution in [1.82, 2.24) is 10.6 Å². The number of carboxylic acid groups (broad SMARTS) is 1. The van der Waals surface area contributed by atoms with Crippen LogP contribution in [-0.4, -0.2) is 47.5 Å². The fourth-order valence-electron chi connectivity index (χ4n) is 5.02. The molecule has 0 saturated carbocycles. The van der Waals surface area contributed by atoms with Crippen LogP contribution in [0.1, 0.15) is 61.0 Å². The number of nitrogens with one attached hydrogen (secondary N) is 2. The van der Waals surface area contributed by atoms with E-state index < -0.39 is 17.6 Å². The minimum Gasteiger partial charge on any atom is -0.481 e. The van der Waals surface area contributed by atoms with Crippen LogP contribution in [-0.2, 0) is 33.6 Å². The third-order valence-electron chi connectivity index (χ3n) is 7.09. The molecule has 38 heavy (non-hydrogen) atoms. The van der Waals surface area contributed by atoms with Gasteiger partial charge in [-0.2, -0.15) is 11.8 Å². The minimum atomic E-state index is -0.923. The fourth-order valence-corrected chi connectivity index (χ4v) is 5.49. The van der Waals surface area contributed by atoms with E-state index in [-0.39, 0.29) is 37.6 Å². The van der Waals surface area contributed by atoms with Gasteiger partial charge in [0.15, 0.2) is 0 Å². The van der Waals surface area contributed by atoms with Crippen LogP contribution in [0, 0.1) is 6.92 Å². The van der Waals surface area contributed by atoms with Gasteiger partial charge in [-0.25, -0.2) is 4.79 Å². The first-order chi connectivity index (χ1) is 18.3. The van der Waals surface area contributed by atoms with Crippen LogP contribution in [0.5, 0.6) is 0 Å². The van der Waals surface area contributed by atoms with Gasteiger partial charge in [0.1, 0.15) is 23.0 Å². The van der Waals surface area contributed by atoms with E-state index in [1.54, 1.807) is 17.8 Å². The number of amides is 2. The molecule has 1 atom stereocenters. The Morgan fingerprint density at radius 3 is 2.61 bits per heavy atom. The third kappa shape index (κ3) is 6.40. The lowest BCUT2D eigenvalue weighted by molar-refractivity contribution is -0.137. The normalized spacial score (nSPS) is 13.8. The van der Waals surface area contributed by atoms with Crippen molar-refractivity contribution in [2.75, 3.05) is 18.6 Å². The Morgan fingerprint density at radius 1 is 1.08 bits per heavy atom. The summed E-state index contributed by atoms with van der Waals surface area (Å²) in [6.07, 6.45) is 6.98. The molecule has 0 spiro atoms. The first kappa shape index (κ1) is 27.8. The molecule has 1 aliphatic carbocycles. The molecular formula is C28H34N2O7S. The minimum absolute atomic E-state index is 0.0303. The molecule has 3 N–H and O–H groups in total. The van der Waals surface area contributed by atoms with E-state index >= 15 is 0 Å². The van der Waals surface area contributed by atoms with Crippen LogP contribution in [0.4, 0.5) is 0 Å². The van der Waals surface area contributed by atoms with Crippen molar-refractivity contribution in [2.45, 2.75) is 70.8 Å². The maximum atomic E-state index is 12.8. The summed E-state index contributed by atoms with van der Waals surface area (Å²) in [5.41, 5.74) is 3.19. The van der Waals surface area contributed by atoms with Gasteiger partial charge in [0.05, 0.1) is 0 Å². The molecule has 0 bridgehead atoms. The van der Waals surface area contributed by atoms with Gasteiger partial charge < -0.3 is 24.6 Å². The van der Waals surface area contributed by atoms with Crippen LogP contribution in [0.3, 0.4) is 0 Å². The van der Waals surface area contributed by atoms with Crippen molar-refractivity contribution >= 4 is 51.5 Å². The molecular weight excluding hydrogens is 508 g/mol. The summed E-state index contributed by atoms with van der Waals surface area (Å²) in [4.78, 5) is 48.9. The number of furan rings is 1. The van der Waals surface area contributed by atoms with Gasteiger partial charge in [0.25, 0.3) is 0 Å². The van der Waals surface area contributed by atoms with Crippen molar-refractivity contribution in [3.63, 3.8) is 0 Å². The number of hydrogen-bond donors (Lipinski definition) is 3. The zero-order chi connectivity index (χ0) is 27.2. The Morgan fingerprint density at radius 2 is 1.84 bits per heavy atom. The third-order valence-corrected chi connectivity index (χ3v) is 7.74. The average Bonchev–Trinajstić information content (AvgIpc) is 3.25. The molecule has 1 aromatic carbocycles. The lowest BCUT2D eigenvalue weighted by Gasteiger charge is -2.18. The second-order valence-corrected chi connectivity index (χ2v) is 10.7. The Balaban J connectivity index is 1.46. The molecule has 0 unspecified atom stereocenters. The predicted molar refractivity (Wildman–Crippen MR) is 147 cm³/mol. The number of rotatable bonds is 12. The van der Waals surface area contributed by atoms with Gasteiger partial charge in [-0.1, -0.05) is 0 Å². The van der Waals surface area contributed by atoms with E-state index in [9.17, 15) is 19.2 Å². The maximum absolute atomic E-state index is 12.8. The molecule has 0 fully saturated rings. The zero-order valence-electron chi connectivity index (χ0n) is 21.8. The van der Waals surface area contributed by atoms with Gasteiger partial charge in [0.2, 0.25) is 11.8 Å². The van der Waals surface area contributed by atoms with Crippen LogP contribution in [0.2, 0.25) is 0 Å². The number of carbonyl (C=O) groups excluding carboxylic acids is 2. The highest BCUT2D eigenvalue weighted by atomic mass is 32.2. The number of carboxylic acids is 1. The number of benzene rings is 1. The SMILES string of the molecule is CSCC[C@H](NC(=O)CCc1c(C)c2cc3c4c(oc3cc2oc1=O)CCCC4)C(=O)NCCCC(=O)O. The number of hydrogen-bond acceptors (Lipinski definition) is 7. The lowest BCUT2D eigenvalue weighted by atomic mass is 9.94. The quantitative estimate of drug-likeness (QED) is 0.232. The molecule has 204 valence electrons. The summed E-state index contributed by atoms with van der Waals surface area (Å²) in [5.74, 6) is 0.0862. The van der Waals surface area contributed by atoms with Crippen molar-refractivity contribution in [2.24, 2.45) is 0 Å². The fraction of sp³-hybridized carbons (Fsp3) is 0.500. The summed E-state index contributed by atoms with van der Waals surface area (Å²) in [6, 6.07) is 3.10. The molecule has 1 aliphatic rings. The van der Waals surface area contributed by atoms with Crippen molar-refractivity contribution in [1.29, 1.82) is 0 Å².